The highest BCUT2D eigenvalue weighted by atomic mass is 16.5. The Balaban J connectivity index is 1.79. The zero-order chi connectivity index (χ0) is 16.8. The van der Waals surface area contributed by atoms with E-state index in [1.807, 2.05) is 20.8 Å². The summed E-state index contributed by atoms with van der Waals surface area (Å²) < 4.78 is 10.3. The summed E-state index contributed by atoms with van der Waals surface area (Å²) in [6.45, 7) is 8.81. The number of aromatic nitrogens is 1. The molecule has 7 heteroatoms. The van der Waals surface area contributed by atoms with Crippen molar-refractivity contribution in [2.75, 3.05) is 26.3 Å². The molecule has 1 fully saturated rings. The number of aryl methyl sites for hydroxylation is 2. The van der Waals surface area contributed by atoms with Gasteiger partial charge in [0.05, 0.1) is 24.4 Å². The highest BCUT2D eigenvalue weighted by Gasteiger charge is 2.29. The van der Waals surface area contributed by atoms with Crippen LogP contribution in [0.4, 0.5) is 0 Å². The maximum Gasteiger partial charge on any atom is 0.222 e. The molecule has 0 spiro atoms. The maximum absolute atomic E-state index is 11.8. The van der Waals surface area contributed by atoms with E-state index in [1.165, 1.54) is 0 Å². The predicted octanol–water partition coefficient (Wildman–Crippen LogP) is 0.769. The van der Waals surface area contributed by atoms with Gasteiger partial charge in [-0.3, -0.25) is 9.69 Å². The number of aliphatic hydroxyl groups excluding tert-OH is 1. The normalized spacial score (nSPS) is 22.3. The molecule has 0 unspecified atom stereocenters. The number of nitrogens with zero attached hydrogens (tertiary/aromatic N) is 2. The molecule has 2 heterocycles. The zero-order valence-electron chi connectivity index (χ0n) is 14.2. The van der Waals surface area contributed by atoms with Crippen LogP contribution in [0.2, 0.25) is 0 Å². The van der Waals surface area contributed by atoms with Crippen LogP contribution in [-0.4, -0.2) is 59.5 Å². The molecule has 2 rings (SSSR count). The standard InChI is InChI=1S/C16H27N3O4/c1-4-22-8-6-16(21)17-14-5-7-19(10-15(14)20)9-13-11(2)18-23-12(13)3/h14-15,20H,4-10H2,1-3H3,(H,17,21)/t14-,15-/m1/s1. The van der Waals surface area contributed by atoms with E-state index in [0.717, 1.165) is 30.0 Å². The number of rotatable bonds is 7. The predicted molar refractivity (Wildman–Crippen MR) is 84.9 cm³/mol. The highest BCUT2D eigenvalue weighted by Crippen LogP contribution is 2.19. The Morgan fingerprint density at radius 1 is 1.52 bits per heavy atom. The molecular weight excluding hydrogens is 298 g/mol. The van der Waals surface area contributed by atoms with Crippen LogP contribution >= 0.6 is 0 Å². The first-order chi connectivity index (χ1) is 11.0. The van der Waals surface area contributed by atoms with Crippen LogP contribution < -0.4 is 5.32 Å². The van der Waals surface area contributed by atoms with Crippen LogP contribution in [0.1, 0.15) is 36.8 Å². The summed E-state index contributed by atoms with van der Waals surface area (Å²) in [6.07, 6.45) is 0.491. The third kappa shape index (κ3) is 5.02. The minimum atomic E-state index is -0.569. The van der Waals surface area contributed by atoms with E-state index in [-0.39, 0.29) is 11.9 Å². The molecule has 1 aliphatic rings. The van der Waals surface area contributed by atoms with Gasteiger partial charge < -0.3 is 19.7 Å². The molecule has 1 amide bonds. The van der Waals surface area contributed by atoms with Gasteiger partial charge in [-0.15, -0.1) is 0 Å². The Morgan fingerprint density at radius 3 is 2.91 bits per heavy atom. The van der Waals surface area contributed by atoms with Crippen LogP contribution in [0.5, 0.6) is 0 Å². The molecule has 1 aromatic heterocycles. The number of amides is 1. The average Bonchev–Trinajstić information content (AvgIpc) is 2.82. The Morgan fingerprint density at radius 2 is 2.30 bits per heavy atom. The van der Waals surface area contributed by atoms with E-state index in [2.05, 4.69) is 15.4 Å². The molecule has 7 nitrogen and oxygen atoms in total. The minimum absolute atomic E-state index is 0.0679. The van der Waals surface area contributed by atoms with Crippen molar-refractivity contribution in [1.82, 2.24) is 15.4 Å². The largest absolute Gasteiger partial charge is 0.390 e. The summed E-state index contributed by atoms with van der Waals surface area (Å²) in [6, 6.07) is -0.190. The Labute approximate surface area is 137 Å². The summed E-state index contributed by atoms with van der Waals surface area (Å²) >= 11 is 0. The molecule has 0 aromatic carbocycles. The van der Waals surface area contributed by atoms with E-state index >= 15 is 0 Å². The van der Waals surface area contributed by atoms with Crippen molar-refractivity contribution in [1.29, 1.82) is 0 Å². The molecule has 23 heavy (non-hydrogen) atoms. The fraction of sp³-hybridized carbons (Fsp3) is 0.750. The first-order valence-corrected chi connectivity index (χ1v) is 8.20. The van der Waals surface area contributed by atoms with Gasteiger partial charge in [0.2, 0.25) is 5.91 Å². The van der Waals surface area contributed by atoms with E-state index in [4.69, 9.17) is 9.26 Å². The summed E-state index contributed by atoms with van der Waals surface area (Å²) in [7, 11) is 0. The molecule has 130 valence electrons. The lowest BCUT2D eigenvalue weighted by Gasteiger charge is -2.36. The Kier molecular flexibility index (Phi) is 6.56. The molecule has 0 aliphatic carbocycles. The second-order valence-electron chi connectivity index (χ2n) is 6.01. The number of likely N-dealkylation sites (tertiary alicyclic amines) is 1. The van der Waals surface area contributed by atoms with Gasteiger partial charge >= 0.3 is 0 Å². The molecule has 0 bridgehead atoms. The zero-order valence-corrected chi connectivity index (χ0v) is 14.2. The molecule has 1 aliphatic heterocycles. The summed E-state index contributed by atoms with van der Waals surface area (Å²) in [5, 5.41) is 17.2. The van der Waals surface area contributed by atoms with Crippen LogP contribution in [0.15, 0.2) is 4.52 Å². The number of aliphatic hydroxyl groups is 1. The summed E-state index contributed by atoms with van der Waals surface area (Å²) in [5.74, 6) is 0.755. The molecular formula is C16H27N3O4. The summed E-state index contributed by atoms with van der Waals surface area (Å²) in [4.78, 5) is 14.0. The van der Waals surface area contributed by atoms with Crippen molar-refractivity contribution in [2.45, 2.75) is 52.3 Å². The second kappa shape index (κ2) is 8.42. The van der Waals surface area contributed by atoms with Crippen molar-refractivity contribution >= 4 is 5.91 Å². The van der Waals surface area contributed by atoms with Crippen molar-refractivity contribution < 1.29 is 19.2 Å². The van der Waals surface area contributed by atoms with Gasteiger partial charge in [0.1, 0.15) is 5.76 Å². The molecule has 0 radical (unpaired) electrons. The molecule has 0 saturated carbocycles. The highest BCUT2D eigenvalue weighted by molar-refractivity contribution is 5.76. The fourth-order valence-corrected chi connectivity index (χ4v) is 2.85. The summed E-state index contributed by atoms with van der Waals surface area (Å²) in [5.41, 5.74) is 1.97. The fourth-order valence-electron chi connectivity index (χ4n) is 2.85. The van der Waals surface area contributed by atoms with Crippen molar-refractivity contribution in [3.05, 3.63) is 17.0 Å². The van der Waals surface area contributed by atoms with Crippen molar-refractivity contribution in [3.63, 3.8) is 0 Å². The van der Waals surface area contributed by atoms with Gasteiger partial charge in [-0.1, -0.05) is 5.16 Å². The first-order valence-electron chi connectivity index (χ1n) is 8.20. The SMILES string of the molecule is CCOCCC(=O)N[C@@H]1CCN(Cc2c(C)noc2C)C[C@H]1O. The number of hydrogen-bond donors (Lipinski definition) is 2. The van der Waals surface area contributed by atoms with Crippen molar-refractivity contribution in [3.8, 4) is 0 Å². The number of carbonyl (C=O) groups excluding carboxylic acids is 1. The lowest BCUT2D eigenvalue weighted by molar-refractivity contribution is -0.124. The molecule has 1 saturated heterocycles. The number of nitrogens with one attached hydrogen (secondary N) is 1. The third-order valence-corrected chi connectivity index (χ3v) is 4.25. The van der Waals surface area contributed by atoms with Gasteiger partial charge in [0.25, 0.3) is 0 Å². The first kappa shape index (κ1) is 17.9. The topological polar surface area (TPSA) is 87.8 Å². The van der Waals surface area contributed by atoms with Gasteiger partial charge in [-0.05, 0) is 27.2 Å². The minimum Gasteiger partial charge on any atom is -0.390 e. The van der Waals surface area contributed by atoms with Crippen LogP contribution in [0.3, 0.4) is 0 Å². The second-order valence-corrected chi connectivity index (χ2v) is 6.01. The van der Waals surface area contributed by atoms with E-state index in [9.17, 15) is 9.90 Å². The third-order valence-electron chi connectivity index (χ3n) is 4.25. The van der Waals surface area contributed by atoms with Crippen LogP contribution in [-0.2, 0) is 16.1 Å². The van der Waals surface area contributed by atoms with Gasteiger partial charge in [0.15, 0.2) is 0 Å². The smallest absolute Gasteiger partial charge is 0.222 e. The number of hydrogen-bond acceptors (Lipinski definition) is 6. The molecule has 2 atom stereocenters. The quantitative estimate of drug-likeness (QED) is 0.720. The number of carbonyl (C=O) groups is 1. The van der Waals surface area contributed by atoms with Crippen molar-refractivity contribution in [2.24, 2.45) is 0 Å². The van der Waals surface area contributed by atoms with Gasteiger partial charge in [0, 0.05) is 38.2 Å². The van der Waals surface area contributed by atoms with Crippen LogP contribution in [0, 0.1) is 13.8 Å². The molecule has 2 N–H and O–H groups in total. The van der Waals surface area contributed by atoms with Gasteiger partial charge in [-0.25, -0.2) is 0 Å². The van der Waals surface area contributed by atoms with E-state index < -0.39 is 6.10 Å². The number of β-amino-alcohol motifs (C(OH)–C–C–N with tert-alkyl or cyclic N) is 1. The average molecular weight is 325 g/mol. The van der Waals surface area contributed by atoms with E-state index in [0.29, 0.717) is 32.7 Å². The van der Waals surface area contributed by atoms with Crippen LogP contribution in [0.25, 0.3) is 0 Å². The number of ether oxygens (including phenoxy) is 1. The number of piperidine rings is 1. The Hall–Kier alpha value is -1.44. The lowest BCUT2D eigenvalue weighted by atomic mass is 10.0. The Bertz CT molecular complexity index is 498. The lowest BCUT2D eigenvalue weighted by Crippen LogP contribution is -2.53. The van der Waals surface area contributed by atoms with Gasteiger partial charge in [-0.2, -0.15) is 0 Å². The monoisotopic (exact) mass is 325 g/mol. The molecule has 1 aromatic rings. The maximum atomic E-state index is 11.8. The van der Waals surface area contributed by atoms with E-state index in [1.54, 1.807) is 0 Å².